The van der Waals surface area contributed by atoms with E-state index in [1.54, 1.807) is 0 Å². The van der Waals surface area contributed by atoms with E-state index in [0.29, 0.717) is 24.7 Å². The van der Waals surface area contributed by atoms with Crippen LogP contribution in [0.5, 0.6) is 0 Å². The fourth-order valence-electron chi connectivity index (χ4n) is 3.45. The Kier molecular flexibility index (Phi) is 6.39. The maximum absolute atomic E-state index is 12.4. The van der Waals surface area contributed by atoms with Crippen LogP contribution < -0.4 is 5.32 Å². The highest BCUT2D eigenvalue weighted by Crippen LogP contribution is 2.34. The highest BCUT2D eigenvalue weighted by atomic mass is 32.2. The summed E-state index contributed by atoms with van der Waals surface area (Å²) in [7, 11) is 0. The molecule has 0 saturated carbocycles. The fourth-order valence-corrected chi connectivity index (χ4v) is 4.32. The number of hydrogen-bond acceptors (Lipinski definition) is 5. The topological polar surface area (TPSA) is 64.1 Å². The second-order valence-electron chi connectivity index (χ2n) is 8.42. The number of aromatic nitrogens is 2. The van der Waals surface area contributed by atoms with Crippen molar-refractivity contribution in [2.45, 2.75) is 51.0 Å². The molecule has 0 radical (unpaired) electrons. The Labute approximate surface area is 187 Å². The van der Waals surface area contributed by atoms with Gasteiger partial charge in [0.25, 0.3) is 0 Å². The largest absolute Gasteiger partial charge is 0.370 e. The summed E-state index contributed by atoms with van der Waals surface area (Å²) in [5.41, 5.74) is 5.00. The quantitative estimate of drug-likeness (QED) is 0.450. The number of aryl methyl sites for hydroxylation is 1. The predicted octanol–water partition coefficient (Wildman–Crippen LogP) is 4.71. The van der Waals surface area contributed by atoms with E-state index in [1.165, 1.54) is 17.3 Å². The normalized spacial score (nSPS) is 14.7. The van der Waals surface area contributed by atoms with E-state index in [9.17, 15) is 4.79 Å². The number of carbonyl (C=O) groups excluding carboxylic acids is 1. The molecule has 31 heavy (non-hydrogen) atoms. The van der Waals surface area contributed by atoms with Gasteiger partial charge in [-0.1, -0.05) is 71.9 Å². The average molecular weight is 434 g/mol. The fraction of sp³-hybridized carbons (Fsp3) is 0.320. The van der Waals surface area contributed by atoms with Gasteiger partial charge in [0.15, 0.2) is 5.82 Å². The average Bonchev–Trinajstić information content (AvgIpc) is 2.76. The molecule has 0 saturated heterocycles. The van der Waals surface area contributed by atoms with Crippen LogP contribution in [0.4, 0.5) is 0 Å². The molecule has 160 valence electrons. The Morgan fingerprint density at radius 2 is 1.84 bits per heavy atom. The zero-order chi connectivity index (χ0) is 21.8. The number of hydrogen-bond donors (Lipinski definition) is 1. The standard InChI is InChI=1S/C25H27N3O2S/c1-17-9-11-19(12-10-17)23-27-21-13-25(2,3)30-15-20(21)24(28-23)31-16-22(29)26-14-18-7-5-4-6-8-18/h4-12H,13-16H2,1-3H3,(H,26,29). The SMILES string of the molecule is Cc1ccc(-c2nc3c(c(SCC(=O)NCc4ccccc4)n2)COC(C)(C)C3)cc1. The Hall–Kier alpha value is -2.70. The van der Waals surface area contributed by atoms with Gasteiger partial charge in [0.2, 0.25) is 5.91 Å². The molecule has 6 heteroatoms. The van der Waals surface area contributed by atoms with Crippen LogP contribution in [0, 0.1) is 6.92 Å². The second-order valence-corrected chi connectivity index (χ2v) is 9.38. The predicted molar refractivity (Wildman–Crippen MR) is 124 cm³/mol. The number of carbonyl (C=O) groups is 1. The molecule has 0 unspecified atom stereocenters. The van der Waals surface area contributed by atoms with Crippen LogP contribution in [0.3, 0.4) is 0 Å². The number of nitrogens with one attached hydrogen (secondary N) is 1. The van der Waals surface area contributed by atoms with Crippen LogP contribution in [0.1, 0.15) is 36.2 Å². The minimum absolute atomic E-state index is 0.0184. The number of ether oxygens (including phenoxy) is 1. The van der Waals surface area contributed by atoms with E-state index in [0.717, 1.165) is 33.8 Å². The molecule has 1 aliphatic heterocycles. The van der Waals surface area contributed by atoms with Crippen LogP contribution in [0.2, 0.25) is 0 Å². The van der Waals surface area contributed by atoms with Crippen molar-refractivity contribution >= 4 is 17.7 Å². The molecule has 4 rings (SSSR count). The highest BCUT2D eigenvalue weighted by molar-refractivity contribution is 7.99. The number of nitrogens with zero attached hydrogens (tertiary/aromatic N) is 2. The van der Waals surface area contributed by atoms with Gasteiger partial charge in [-0.15, -0.1) is 0 Å². The molecule has 0 bridgehead atoms. The summed E-state index contributed by atoms with van der Waals surface area (Å²) in [6.45, 7) is 7.20. The molecule has 2 aromatic carbocycles. The summed E-state index contributed by atoms with van der Waals surface area (Å²) in [6, 6.07) is 18.1. The minimum Gasteiger partial charge on any atom is -0.370 e. The van der Waals surface area contributed by atoms with Crippen molar-refractivity contribution in [3.63, 3.8) is 0 Å². The Morgan fingerprint density at radius 3 is 2.58 bits per heavy atom. The molecule has 3 aromatic rings. The summed E-state index contributed by atoms with van der Waals surface area (Å²) in [6.07, 6.45) is 0.720. The molecular weight excluding hydrogens is 406 g/mol. The van der Waals surface area contributed by atoms with Gasteiger partial charge in [-0.2, -0.15) is 0 Å². The third-order valence-electron chi connectivity index (χ3n) is 5.24. The van der Waals surface area contributed by atoms with Crippen molar-refractivity contribution in [1.29, 1.82) is 0 Å². The van der Waals surface area contributed by atoms with Crippen LogP contribution in [0.15, 0.2) is 59.6 Å². The Balaban J connectivity index is 1.53. The van der Waals surface area contributed by atoms with Crippen LogP contribution in [-0.4, -0.2) is 27.2 Å². The third kappa shape index (κ3) is 5.51. The molecule has 1 amide bonds. The lowest BCUT2D eigenvalue weighted by atomic mass is 9.96. The zero-order valence-electron chi connectivity index (χ0n) is 18.1. The van der Waals surface area contributed by atoms with Crippen molar-refractivity contribution < 1.29 is 9.53 Å². The molecule has 0 aliphatic carbocycles. The summed E-state index contributed by atoms with van der Waals surface area (Å²) in [5.74, 6) is 0.978. The van der Waals surface area contributed by atoms with Crippen LogP contribution in [-0.2, 0) is 29.1 Å². The molecule has 0 fully saturated rings. The summed E-state index contributed by atoms with van der Waals surface area (Å²) in [4.78, 5) is 22.1. The van der Waals surface area contributed by atoms with E-state index in [1.807, 2.05) is 42.5 Å². The molecule has 0 atom stereocenters. The first kappa shape index (κ1) is 21.5. The monoisotopic (exact) mass is 433 g/mol. The maximum Gasteiger partial charge on any atom is 0.230 e. The van der Waals surface area contributed by atoms with Crippen molar-refractivity contribution in [3.05, 3.63) is 77.0 Å². The first-order chi connectivity index (χ1) is 14.9. The van der Waals surface area contributed by atoms with E-state index in [-0.39, 0.29) is 11.5 Å². The van der Waals surface area contributed by atoms with Crippen molar-refractivity contribution in [2.24, 2.45) is 0 Å². The van der Waals surface area contributed by atoms with Gasteiger partial charge in [0.05, 0.1) is 23.7 Å². The number of rotatable bonds is 6. The number of thioether (sulfide) groups is 1. The zero-order valence-corrected chi connectivity index (χ0v) is 19.0. The van der Waals surface area contributed by atoms with Crippen molar-refractivity contribution in [3.8, 4) is 11.4 Å². The third-order valence-corrected chi connectivity index (χ3v) is 6.26. The number of amides is 1. The second kappa shape index (κ2) is 9.20. The van der Waals surface area contributed by atoms with Gasteiger partial charge in [-0.05, 0) is 26.3 Å². The minimum atomic E-state index is -0.263. The Morgan fingerprint density at radius 1 is 1.10 bits per heavy atom. The van der Waals surface area contributed by atoms with Gasteiger partial charge < -0.3 is 10.1 Å². The van der Waals surface area contributed by atoms with E-state index in [4.69, 9.17) is 14.7 Å². The number of benzene rings is 2. The molecule has 1 N–H and O–H groups in total. The first-order valence-electron chi connectivity index (χ1n) is 10.4. The van der Waals surface area contributed by atoms with Gasteiger partial charge in [-0.25, -0.2) is 9.97 Å². The highest BCUT2D eigenvalue weighted by Gasteiger charge is 2.30. The van der Waals surface area contributed by atoms with Gasteiger partial charge in [0, 0.05) is 24.1 Å². The van der Waals surface area contributed by atoms with E-state index < -0.39 is 0 Å². The van der Waals surface area contributed by atoms with Gasteiger partial charge in [-0.3, -0.25) is 4.79 Å². The summed E-state index contributed by atoms with van der Waals surface area (Å²) >= 11 is 1.45. The first-order valence-corrected chi connectivity index (χ1v) is 11.4. The molecule has 5 nitrogen and oxygen atoms in total. The van der Waals surface area contributed by atoms with Crippen molar-refractivity contribution in [1.82, 2.24) is 15.3 Å². The molecular formula is C25H27N3O2S. The maximum atomic E-state index is 12.4. The smallest absolute Gasteiger partial charge is 0.230 e. The summed E-state index contributed by atoms with van der Waals surface area (Å²) < 4.78 is 6.01. The van der Waals surface area contributed by atoms with Crippen molar-refractivity contribution in [2.75, 3.05) is 5.75 Å². The van der Waals surface area contributed by atoms with Crippen LogP contribution >= 0.6 is 11.8 Å². The van der Waals surface area contributed by atoms with Gasteiger partial charge >= 0.3 is 0 Å². The number of fused-ring (bicyclic) bond motifs is 1. The lowest BCUT2D eigenvalue weighted by molar-refractivity contribution is -0.118. The van der Waals surface area contributed by atoms with E-state index in [2.05, 4.69) is 38.2 Å². The molecule has 2 heterocycles. The lowest BCUT2D eigenvalue weighted by Crippen LogP contribution is -2.33. The molecule has 1 aromatic heterocycles. The van der Waals surface area contributed by atoms with E-state index >= 15 is 0 Å². The lowest BCUT2D eigenvalue weighted by Gasteiger charge is -2.32. The molecule has 0 spiro atoms. The molecule has 1 aliphatic rings. The van der Waals surface area contributed by atoms with Crippen LogP contribution in [0.25, 0.3) is 11.4 Å². The Bertz CT molecular complexity index is 1070. The van der Waals surface area contributed by atoms with Gasteiger partial charge in [0.1, 0.15) is 5.03 Å². The summed E-state index contributed by atoms with van der Waals surface area (Å²) in [5, 5.41) is 3.81.